The molecule has 0 spiro atoms. The van der Waals surface area contributed by atoms with Crippen molar-refractivity contribution in [1.82, 2.24) is 4.98 Å². The third-order valence-electron chi connectivity index (χ3n) is 2.27. The number of nitrogens with two attached hydrogens (primary N) is 1. The highest BCUT2D eigenvalue weighted by Crippen LogP contribution is 2.35. The van der Waals surface area contributed by atoms with Crippen molar-refractivity contribution < 1.29 is 13.2 Å². The number of nitrogens with one attached hydrogen (secondary N) is 1. The van der Waals surface area contributed by atoms with Crippen LogP contribution in [0, 0.1) is 0 Å². The second kappa shape index (κ2) is 3.76. The summed E-state index contributed by atoms with van der Waals surface area (Å²) in [5.74, 6) is 0. The molecule has 0 unspecified atom stereocenters. The van der Waals surface area contributed by atoms with Crippen LogP contribution in [0.15, 0.2) is 27.5 Å². The van der Waals surface area contributed by atoms with Gasteiger partial charge < -0.3 is 10.7 Å². The van der Waals surface area contributed by atoms with Gasteiger partial charge >= 0.3 is 6.18 Å². The van der Waals surface area contributed by atoms with Gasteiger partial charge in [-0.25, -0.2) is 0 Å². The van der Waals surface area contributed by atoms with Crippen molar-refractivity contribution in [2.24, 2.45) is 0 Å². The fourth-order valence-corrected chi connectivity index (χ4v) is 1.87. The minimum Gasteiger partial charge on any atom is -0.398 e. The van der Waals surface area contributed by atoms with Gasteiger partial charge in [-0.05, 0) is 28.1 Å². The fourth-order valence-electron chi connectivity index (χ4n) is 1.53. The molecule has 1 heterocycles. The number of hydrogen-bond donors (Lipinski definition) is 2. The second-order valence-corrected chi connectivity index (χ2v) is 4.32. The SMILES string of the molecule is Nc1cc2c(C(F)(F)F)cc(=O)[nH]c2cc1Br. The molecule has 2 aromatic rings. The molecule has 0 fully saturated rings. The summed E-state index contributed by atoms with van der Waals surface area (Å²) in [6.07, 6.45) is -4.59. The molecule has 3 N–H and O–H groups in total. The third kappa shape index (κ3) is 2.14. The smallest absolute Gasteiger partial charge is 0.398 e. The van der Waals surface area contributed by atoms with Crippen LogP contribution in [0.1, 0.15) is 5.56 Å². The van der Waals surface area contributed by atoms with Gasteiger partial charge in [-0.3, -0.25) is 4.79 Å². The van der Waals surface area contributed by atoms with Gasteiger partial charge in [0.15, 0.2) is 0 Å². The molecule has 0 bridgehead atoms. The normalized spacial score (nSPS) is 12.0. The first kappa shape index (κ1) is 12.0. The molecule has 3 nitrogen and oxygen atoms in total. The van der Waals surface area contributed by atoms with E-state index in [1.807, 2.05) is 0 Å². The molecule has 0 saturated carbocycles. The van der Waals surface area contributed by atoms with E-state index in [1.54, 1.807) is 0 Å². The van der Waals surface area contributed by atoms with Crippen LogP contribution in [0.25, 0.3) is 10.9 Å². The Balaban J connectivity index is 2.93. The Hall–Kier alpha value is -1.50. The summed E-state index contributed by atoms with van der Waals surface area (Å²) in [6.45, 7) is 0. The highest BCUT2D eigenvalue weighted by atomic mass is 79.9. The van der Waals surface area contributed by atoms with E-state index in [2.05, 4.69) is 20.9 Å². The lowest BCUT2D eigenvalue weighted by atomic mass is 10.1. The first-order chi connectivity index (χ1) is 7.79. The van der Waals surface area contributed by atoms with E-state index in [4.69, 9.17) is 5.73 Å². The number of halogens is 4. The van der Waals surface area contributed by atoms with Gasteiger partial charge in [-0.1, -0.05) is 0 Å². The van der Waals surface area contributed by atoms with E-state index in [-0.39, 0.29) is 16.6 Å². The first-order valence-electron chi connectivity index (χ1n) is 4.48. The molecule has 1 aromatic carbocycles. The van der Waals surface area contributed by atoms with Crippen LogP contribution >= 0.6 is 15.9 Å². The van der Waals surface area contributed by atoms with Crippen LogP contribution in [0.5, 0.6) is 0 Å². The van der Waals surface area contributed by atoms with Gasteiger partial charge in [-0.15, -0.1) is 0 Å². The maximum Gasteiger partial charge on any atom is 0.417 e. The number of anilines is 1. The number of alkyl halides is 3. The van der Waals surface area contributed by atoms with Gasteiger partial charge in [0.2, 0.25) is 5.56 Å². The summed E-state index contributed by atoms with van der Waals surface area (Å²) >= 11 is 3.09. The van der Waals surface area contributed by atoms with Crippen LogP contribution in [0.4, 0.5) is 18.9 Å². The quantitative estimate of drug-likeness (QED) is 0.735. The Morgan fingerprint density at radius 1 is 1.24 bits per heavy atom. The highest BCUT2D eigenvalue weighted by Gasteiger charge is 2.33. The molecule has 0 aliphatic heterocycles. The predicted octanol–water partition coefficient (Wildman–Crippen LogP) is 2.89. The molecule has 2 rings (SSSR count). The summed E-state index contributed by atoms with van der Waals surface area (Å²) < 4.78 is 38.6. The first-order valence-corrected chi connectivity index (χ1v) is 5.27. The Kier molecular flexibility index (Phi) is 2.65. The molecule has 1 aromatic heterocycles. The Bertz CT molecular complexity index is 648. The van der Waals surface area contributed by atoms with Crippen molar-refractivity contribution in [2.45, 2.75) is 6.18 Å². The van der Waals surface area contributed by atoms with Crippen molar-refractivity contribution in [3.8, 4) is 0 Å². The molecule has 0 atom stereocenters. The van der Waals surface area contributed by atoms with E-state index in [9.17, 15) is 18.0 Å². The maximum atomic E-state index is 12.7. The maximum absolute atomic E-state index is 12.7. The lowest BCUT2D eigenvalue weighted by Crippen LogP contribution is -2.14. The van der Waals surface area contributed by atoms with E-state index in [1.165, 1.54) is 12.1 Å². The van der Waals surface area contributed by atoms with Crippen LogP contribution in [-0.4, -0.2) is 4.98 Å². The summed E-state index contributed by atoms with van der Waals surface area (Å²) in [7, 11) is 0. The standard InChI is InChI=1S/C10H6BrF3N2O/c11-6-3-8-4(1-7(6)15)5(10(12,13)14)2-9(17)16-8/h1-3H,15H2,(H,16,17). The number of fused-ring (bicyclic) bond motifs is 1. The number of pyridine rings is 1. The number of nitrogen functional groups attached to an aromatic ring is 1. The Labute approximate surface area is 102 Å². The van der Waals surface area contributed by atoms with Gasteiger partial charge in [0.05, 0.1) is 11.1 Å². The minimum atomic E-state index is -4.59. The average Bonchev–Trinajstić information content (AvgIpc) is 2.18. The van der Waals surface area contributed by atoms with Crippen LogP contribution in [-0.2, 0) is 6.18 Å². The van der Waals surface area contributed by atoms with Crippen molar-refractivity contribution in [3.63, 3.8) is 0 Å². The van der Waals surface area contributed by atoms with Crippen molar-refractivity contribution in [3.05, 3.63) is 38.6 Å². The van der Waals surface area contributed by atoms with E-state index < -0.39 is 17.3 Å². The second-order valence-electron chi connectivity index (χ2n) is 3.46. The van der Waals surface area contributed by atoms with Gasteiger partial charge in [0.1, 0.15) is 0 Å². The Morgan fingerprint density at radius 2 is 1.88 bits per heavy atom. The van der Waals surface area contributed by atoms with Crippen molar-refractivity contribution in [1.29, 1.82) is 0 Å². The molecule has 0 radical (unpaired) electrons. The van der Waals surface area contributed by atoms with Gasteiger partial charge in [0.25, 0.3) is 0 Å². The monoisotopic (exact) mass is 306 g/mol. The summed E-state index contributed by atoms with van der Waals surface area (Å²) in [6, 6.07) is 3.05. The highest BCUT2D eigenvalue weighted by molar-refractivity contribution is 9.10. The molecular weight excluding hydrogens is 301 g/mol. The van der Waals surface area contributed by atoms with Gasteiger partial charge in [-0.2, -0.15) is 13.2 Å². The Morgan fingerprint density at radius 3 is 2.47 bits per heavy atom. The number of aromatic nitrogens is 1. The predicted molar refractivity (Wildman–Crippen MR) is 61.7 cm³/mol. The molecule has 0 aliphatic rings. The van der Waals surface area contributed by atoms with Crippen LogP contribution in [0.3, 0.4) is 0 Å². The molecular formula is C10H6BrF3N2O. The van der Waals surface area contributed by atoms with Gasteiger partial charge in [0, 0.05) is 21.6 Å². The molecule has 90 valence electrons. The molecule has 0 saturated heterocycles. The zero-order chi connectivity index (χ0) is 12.8. The number of hydrogen-bond acceptors (Lipinski definition) is 2. The van der Waals surface area contributed by atoms with Crippen molar-refractivity contribution in [2.75, 3.05) is 5.73 Å². The van der Waals surface area contributed by atoms with E-state index >= 15 is 0 Å². The fraction of sp³-hybridized carbons (Fsp3) is 0.100. The molecule has 17 heavy (non-hydrogen) atoms. The van der Waals surface area contributed by atoms with Crippen LogP contribution in [0.2, 0.25) is 0 Å². The zero-order valence-corrected chi connectivity index (χ0v) is 9.82. The van der Waals surface area contributed by atoms with E-state index in [0.29, 0.717) is 10.5 Å². The third-order valence-corrected chi connectivity index (χ3v) is 2.95. The summed E-state index contributed by atoms with van der Waals surface area (Å²) in [4.78, 5) is 13.5. The molecule has 0 aliphatic carbocycles. The summed E-state index contributed by atoms with van der Waals surface area (Å²) in [5, 5.41) is -0.127. The lowest BCUT2D eigenvalue weighted by Gasteiger charge is -2.11. The average molecular weight is 307 g/mol. The number of rotatable bonds is 0. The molecule has 0 amide bonds. The summed E-state index contributed by atoms with van der Waals surface area (Å²) in [5.41, 5.74) is 4.00. The minimum absolute atomic E-state index is 0.0888. The molecule has 7 heteroatoms. The largest absolute Gasteiger partial charge is 0.417 e. The zero-order valence-electron chi connectivity index (χ0n) is 8.23. The topological polar surface area (TPSA) is 58.9 Å². The lowest BCUT2D eigenvalue weighted by molar-refractivity contribution is -0.136. The van der Waals surface area contributed by atoms with E-state index in [0.717, 1.165) is 0 Å². The number of aromatic amines is 1. The number of benzene rings is 1. The van der Waals surface area contributed by atoms with Crippen LogP contribution < -0.4 is 11.3 Å². The van der Waals surface area contributed by atoms with Crippen molar-refractivity contribution >= 4 is 32.5 Å². The number of H-pyrrole nitrogens is 1.